The summed E-state index contributed by atoms with van der Waals surface area (Å²) < 4.78 is 26.2. The lowest BCUT2D eigenvalue weighted by molar-refractivity contribution is 0.408. The number of benzene rings is 1. The summed E-state index contributed by atoms with van der Waals surface area (Å²) in [5, 5.41) is 0. The molecule has 15 heavy (non-hydrogen) atoms. The van der Waals surface area contributed by atoms with Gasteiger partial charge in [-0.1, -0.05) is 27.2 Å². The maximum atomic E-state index is 13.1. The van der Waals surface area contributed by atoms with Crippen LogP contribution in [-0.4, -0.2) is 0 Å². The summed E-state index contributed by atoms with van der Waals surface area (Å²) in [5.74, 6) is -0.971. The van der Waals surface area contributed by atoms with E-state index in [1.165, 1.54) is 12.1 Å². The van der Waals surface area contributed by atoms with Gasteiger partial charge in [-0.15, -0.1) is 0 Å². The molecule has 0 nitrogen and oxygen atoms in total. The second-order valence-corrected chi connectivity index (χ2v) is 4.32. The van der Waals surface area contributed by atoms with E-state index in [1.807, 2.05) is 0 Å². The van der Waals surface area contributed by atoms with Gasteiger partial charge in [0.05, 0.1) is 0 Å². The first-order valence-corrected chi connectivity index (χ1v) is 5.48. The van der Waals surface area contributed by atoms with E-state index in [0.29, 0.717) is 0 Å². The van der Waals surface area contributed by atoms with E-state index in [9.17, 15) is 8.78 Å². The van der Waals surface area contributed by atoms with E-state index in [4.69, 9.17) is 0 Å². The highest BCUT2D eigenvalue weighted by Crippen LogP contribution is 2.33. The first kappa shape index (κ1) is 12.2. The van der Waals surface area contributed by atoms with Gasteiger partial charge in [0.2, 0.25) is 0 Å². The fourth-order valence-electron chi connectivity index (χ4n) is 1.98. The molecule has 0 saturated heterocycles. The first-order chi connectivity index (χ1) is 7.01. The van der Waals surface area contributed by atoms with Crippen LogP contribution in [0, 0.1) is 11.6 Å². The Hall–Kier alpha value is -0.920. The quantitative estimate of drug-likeness (QED) is 0.692. The van der Waals surface area contributed by atoms with Gasteiger partial charge >= 0.3 is 0 Å². The summed E-state index contributed by atoms with van der Waals surface area (Å²) in [6, 6.07) is 3.82. The van der Waals surface area contributed by atoms with E-state index in [1.54, 1.807) is 0 Å². The molecule has 0 radical (unpaired) electrons. The van der Waals surface area contributed by atoms with Crippen molar-refractivity contribution in [3.05, 3.63) is 35.4 Å². The first-order valence-electron chi connectivity index (χ1n) is 5.48. The van der Waals surface area contributed by atoms with Gasteiger partial charge in [-0.2, -0.15) is 0 Å². The van der Waals surface area contributed by atoms with Crippen molar-refractivity contribution in [2.24, 2.45) is 0 Å². The largest absolute Gasteiger partial charge is 0.207 e. The molecule has 1 unspecified atom stereocenters. The lowest BCUT2D eigenvalue weighted by Gasteiger charge is -2.28. The van der Waals surface area contributed by atoms with Crippen molar-refractivity contribution < 1.29 is 8.78 Å². The molecule has 0 spiro atoms. The summed E-state index contributed by atoms with van der Waals surface area (Å²) in [6.07, 6.45) is 2.86. The third kappa shape index (κ3) is 2.77. The molecule has 1 aromatic carbocycles. The third-order valence-electron chi connectivity index (χ3n) is 3.14. The zero-order chi connectivity index (χ0) is 11.5. The predicted octanol–water partition coefficient (Wildman–Crippen LogP) is 4.43. The third-order valence-corrected chi connectivity index (χ3v) is 3.14. The van der Waals surface area contributed by atoms with Crippen LogP contribution in [0.4, 0.5) is 8.78 Å². The van der Waals surface area contributed by atoms with E-state index < -0.39 is 11.6 Å². The molecule has 1 aromatic rings. The van der Waals surface area contributed by atoms with Crippen molar-refractivity contribution in [2.75, 3.05) is 0 Å². The molecule has 0 aliphatic heterocycles. The average molecular weight is 212 g/mol. The monoisotopic (exact) mass is 212 g/mol. The van der Waals surface area contributed by atoms with Gasteiger partial charge in [-0.25, -0.2) is 8.78 Å². The van der Waals surface area contributed by atoms with Crippen LogP contribution in [0.1, 0.15) is 45.6 Å². The van der Waals surface area contributed by atoms with Crippen LogP contribution in [0.2, 0.25) is 0 Å². The average Bonchev–Trinajstić information content (AvgIpc) is 2.16. The van der Waals surface area contributed by atoms with Crippen LogP contribution < -0.4 is 0 Å². The highest BCUT2D eigenvalue weighted by atomic mass is 19.1. The number of hydrogen-bond donors (Lipinski definition) is 0. The van der Waals surface area contributed by atoms with Crippen molar-refractivity contribution >= 4 is 0 Å². The Kier molecular flexibility index (Phi) is 3.83. The summed E-state index contributed by atoms with van der Waals surface area (Å²) in [5.41, 5.74) is 0.655. The maximum absolute atomic E-state index is 13.1. The van der Waals surface area contributed by atoms with Gasteiger partial charge in [0, 0.05) is 6.07 Å². The molecular formula is C13H18F2. The minimum atomic E-state index is -0.485. The Bertz CT molecular complexity index is 313. The zero-order valence-corrected chi connectivity index (χ0v) is 9.61. The van der Waals surface area contributed by atoms with E-state index in [-0.39, 0.29) is 5.41 Å². The lowest BCUT2D eigenvalue weighted by Crippen LogP contribution is -2.21. The van der Waals surface area contributed by atoms with Crippen LogP contribution in [0.5, 0.6) is 0 Å². The predicted molar refractivity (Wildman–Crippen MR) is 58.9 cm³/mol. The van der Waals surface area contributed by atoms with Crippen LogP contribution >= 0.6 is 0 Å². The Labute approximate surface area is 90.3 Å². The molecule has 1 rings (SSSR count). The summed E-state index contributed by atoms with van der Waals surface area (Å²) in [4.78, 5) is 0. The van der Waals surface area contributed by atoms with E-state index in [2.05, 4.69) is 20.8 Å². The van der Waals surface area contributed by atoms with Crippen molar-refractivity contribution in [2.45, 2.75) is 45.4 Å². The molecule has 1 atom stereocenters. The number of hydrogen-bond acceptors (Lipinski definition) is 0. The smallest absolute Gasteiger partial charge is 0.126 e. The fraction of sp³-hybridized carbons (Fsp3) is 0.538. The summed E-state index contributed by atoms with van der Waals surface area (Å²) >= 11 is 0. The van der Waals surface area contributed by atoms with Crippen molar-refractivity contribution in [3.8, 4) is 0 Å². The van der Waals surface area contributed by atoms with Crippen molar-refractivity contribution in [3.63, 3.8) is 0 Å². The molecule has 0 aromatic heterocycles. The molecule has 0 aliphatic rings. The summed E-state index contributed by atoms with van der Waals surface area (Å²) in [7, 11) is 0. The zero-order valence-electron chi connectivity index (χ0n) is 9.61. The SMILES string of the molecule is CCCC(C)(CC)c1cc(F)cc(F)c1. The molecule has 2 heteroatoms. The van der Waals surface area contributed by atoms with Crippen molar-refractivity contribution in [1.29, 1.82) is 0 Å². The molecule has 0 N–H and O–H groups in total. The van der Waals surface area contributed by atoms with E-state index >= 15 is 0 Å². The normalized spacial score (nSPS) is 15.0. The topological polar surface area (TPSA) is 0 Å². The van der Waals surface area contributed by atoms with Gasteiger partial charge < -0.3 is 0 Å². The second-order valence-electron chi connectivity index (χ2n) is 4.32. The van der Waals surface area contributed by atoms with Crippen LogP contribution in [0.25, 0.3) is 0 Å². The Morgan fingerprint density at radius 2 is 1.60 bits per heavy atom. The van der Waals surface area contributed by atoms with E-state index in [0.717, 1.165) is 30.9 Å². The van der Waals surface area contributed by atoms with Crippen LogP contribution in [0.3, 0.4) is 0 Å². The van der Waals surface area contributed by atoms with Gasteiger partial charge in [0.1, 0.15) is 11.6 Å². The minimum absolute atomic E-state index is 0.113. The summed E-state index contributed by atoms with van der Waals surface area (Å²) in [6.45, 7) is 6.20. The Morgan fingerprint density at radius 1 is 1.07 bits per heavy atom. The number of rotatable bonds is 4. The Morgan fingerprint density at radius 3 is 2.00 bits per heavy atom. The van der Waals surface area contributed by atoms with Gasteiger partial charge in [-0.05, 0) is 36.0 Å². The highest BCUT2D eigenvalue weighted by Gasteiger charge is 2.24. The highest BCUT2D eigenvalue weighted by molar-refractivity contribution is 5.26. The van der Waals surface area contributed by atoms with Crippen LogP contribution in [0.15, 0.2) is 18.2 Å². The lowest BCUT2D eigenvalue weighted by atomic mass is 9.76. The minimum Gasteiger partial charge on any atom is -0.207 e. The molecular weight excluding hydrogens is 194 g/mol. The standard InChI is InChI=1S/C13H18F2/c1-4-6-13(3,5-2)10-7-11(14)9-12(15)8-10/h7-9H,4-6H2,1-3H3. The molecule has 0 fully saturated rings. The van der Waals surface area contributed by atoms with Gasteiger partial charge in [-0.3, -0.25) is 0 Å². The molecule has 0 bridgehead atoms. The molecule has 0 amide bonds. The Balaban J connectivity index is 3.11. The fourth-order valence-corrected chi connectivity index (χ4v) is 1.98. The number of halogens is 2. The molecule has 0 aliphatic carbocycles. The second kappa shape index (κ2) is 4.73. The maximum Gasteiger partial charge on any atom is 0.126 e. The molecule has 0 saturated carbocycles. The van der Waals surface area contributed by atoms with Crippen LogP contribution in [-0.2, 0) is 5.41 Å². The van der Waals surface area contributed by atoms with Gasteiger partial charge in [0.15, 0.2) is 0 Å². The molecule has 84 valence electrons. The molecule has 0 heterocycles. The van der Waals surface area contributed by atoms with Crippen molar-refractivity contribution in [1.82, 2.24) is 0 Å². The van der Waals surface area contributed by atoms with Gasteiger partial charge in [0.25, 0.3) is 0 Å².